The number of halogens is 1. The fourth-order valence-electron chi connectivity index (χ4n) is 1.38. The van der Waals surface area contributed by atoms with Crippen molar-refractivity contribution in [2.24, 2.45) is 0 Å². The van der Waals surface area contributed by atoms with Gasteiger partial charge in [0, 0.05) is 6.42 Å². The number of hydrogen-bond donors (Lipinski definition) is 0. The van der Waals surface area contributed by atoms with E-state index >= 15 is 0 Å². The first kappa shape index (κ1) is 12.5. The van der Waals surface area contributed by atoms with Crippen LogP contribution in [0.4, 0.5) is 4.39 Å². The molecule has 88 valence electrons. The summed E-state index contributed by atoms with van der Waals surface area (Å²) in [6.45, 7) is 2.37. The van der Waals surface area contributed by atoms with Crippen LogP contribution in [0.3, 0.4) is 0 Å². The third-order valence-corrected chi connectivity index (χ3v) is 2.15. The van der Waals surface area contributed by atoms with Crippen LogP contribution in [0, 0.1) is 5.82 Å². The standard InChI is InChI=1S/C12H15FO3/c1-3-16-11-6-5-10(13)8-9(11)4-7-12(14)15-2/h5-6,8H,3-4,7H2,1-2H3. The molecule has 0 unspecified atom stereocenters. The van der Waals surface area contributed by atoms with Crippen molar-refractivity contribution in [3.8, 4) is 5.75 Å². The predicted octanol–water partition coefficient (Wildman–Crippen LogP) is 2.33. The Kier molecular flexibility index (Phi) is 4.76. The minimum absolute atomic E-state index is 0.222. The Morgan fingerprint density at radius 3 is 2.81 bits per heavy atom. The number of esters is 1. The van der Waals surface area contributed by atoms with Gasteiger partial charge in [0.15, 0.2) is 0 Å². The zero-order chi connectivity index (χ0) is 12.0. The minimum atomic E-state index is -0.330. The number of hydrogen-bond acceptors (Lipinski definition) is 3. The highest BCUT2D eigenvalue weighted by Gasteiger charge is 2.08. The maximum Gasteiger partial charge on any atom is 0.305 e. The van der Waals surface area contributed by atoms with E-state index in [2.05, 4.69) is 4.74 Å². The topological polar surface area (TPSA) is 35.5 Å². The molecule has 0 heterocycles. The van der Waals surface area contributed by atoms with Crippen molar-refractivity contribution in [1.82, 2.24) is 0 Å². The molecule has 16 heavy (non-hydrogen) atoms. The lowest BCUT2D eigenvalue weighted by Gasteiger charge is -2.09. The van der Waals surface area contributed by atoms with E-state index in [1.165, 1.54) is 19.2 Å². The van der Waals surface area contributed by atoms with E-state index in [-0.39, 0.29) is 18.2 Å². The van der Waals surface area contributed by atoms with Crippen LogP contribution in [0.2, 0.25) is 0 Å². The van der Waals surface area contributed by atoms with Crippen LogP contribution < -0.4 is 4.74 Å². The first-order valence-corrected chi connectivity index (χ1v) is 5.15. The van der Waals surface area contributed by atoms with Gasteiger partial charge in [-0.3, -0.25) is 4.79 Å². The maximum atomic E-state index is 13.0. The first-order chi connectivity index (χ1) is 7.67. The number of benzene rings is 1. The van der Waals surface area contributed by atoms with Crippen molar-refractivity contribution in [1.29, 1.82) is 0 Å². The van der Waals surface area contributed by atoms with Crippen molar-refractivity contribution in [3.63, 3.8) is 0 Å². The number of rotatable bonds is 5. The molecule has 0 aliphatic rings. The monoisotopic (exact) mass is 226 g/mol. The van der Waals surface area contributed by atoms with E-state index in [1.54, 1.807) is 6.07 Å². The molecular formula is C12H15FO3. The van der Waals surface area contributed by atoms with Gasteiger partial charge in [-0.25, -0.2) is 4.39 Å². The third kappa shape index (κ3) is 3.53. The van der Waals surface area contributed by atoms with Crippen molar-refractivity contribution in [2.45, 2.75) is 19.8 Å². The van der Waals surface area contributed by atoms with Crippen molar-refractivity contribution >= 4 is 5.97 Å². The van der Waals surface area contributed by atoms with Gasteiger partial charge in [-0.1, -0.05) is 0 Å². The molecule has 0 amide bonds. The van der Waals surface area contributed by atoms with Crippen LogP contribution in [0.15, 0.2) is 18.2 Å². The van der Waals surface area contributed by atoms with Crippen LogP contribution >= 0.6 is 0 Å². The average molecular weight is 226 g/mol. The lowest BCUT2D eigenvalue weighted by molar-refractivity contribution is -0.140. The summed E-state index contributed by atoms with van der Waals surface area (Å²) in [6, 6.07) is 4.30. The molecule has 1 aromatic rings. The van der Waals surface area contributed by atoms with Crippen molar-refractivity contribution in [3.05, 3.63) is 29.6 Å². The Morgan fingerprint density at radius 1 is 1.44 bits per heavy atom. The van der Waals surface area contributed by atoms with Gasteiger partial charge in [-0.15, -0.1) is 0 Å². The van der Waals surface area contributed by atoms with Gasteiger partial charge in [-0.2, -0.15) is 0 Å². The summed E-state index contributed by atoms with van der Waals surface area (Å²) < 4.78 is 22.9. The fourth-order valence-corrected chi connectivity index (χ4v) is 1.38. The molecular weight excluding hydrogens is 211 g/mol. The van der Waals surface area contributed by atoms with Gasteiger partial charge in [-0.05, 0) is 37.1 Å². The quantitative estimate of drug-likeness (QED) is 0.723. The maximum absolute atomic E-state index is 13.0. The Morgan fingerprint density at radius 2 is 2.19 bits per heavy atom. The van der Waals surface area contributed by atoms with Crippen LogP contribution in [-0.2, 0) is 16.0 Å². The van der Waals surface area contributed by atoms with E-state index in [4.69, 9.17) is 4.74 Å². The SMILES string of the molecule is CCOc1ccc(F)cc1CCC(=O)OC. The molecule has 0 aliphatic carbocycles. The van der Waals surface area contributed by atoms with Gasteiger partial charge in [0.1, 0.15) is 11.6 Å². The lowest BCUT2D eigenvalue weighted by atomic mass is 10.1. The van der Waals surface area contributed by atoms with E-state index in [1.807, 2.05) is 6.92 Å². The number of aryl methyl sites for hydroxylation is 1. The lowest BCUT2D eigenvalue weighted by Crippen LogP contribution is -2.04. The number of ether oxygens (including phenoxy) is 2. The van der Waals surface area contributed by atoms with E-state index in [0.717, 1.165) is 0 Å². The molecule has 3 nitrogen and oxygen atoms in total. The average Bonchev–Trinajstić information content (AvgIpc) is 2.29. The van der Waals surface area contributed by atoms with E-state index < -0.39 is 0 Å². The Bertz CT molecular complexity index is 363. The molecule has 0 spiro atoms. The molecule has 0 bridgehead atoms. The van der Waals surface area contributed by atoms with Crippen LogP contribution in [0.25, 0.3) is 0 Å². The molecule has 4 heteroatoms. The van der Waals surface area contributed by atoms with Gasteiger partial charge < -0.3 is 9.47 Å². The molecule has 0 aliphatic heterocycles. The summed E-state index contributed by atoms with van der Waals surface area (Å²) in [5.74, 6) is -0.0252. The molecule has 0 N–H and O–H groups in total. The van der Waals surface area contributed by atoms with Gasteiger partial charge in [0.05, 0.1) is 13.7 Å². The molecule has 0 atom stereocenters. The fraction of sp³-hybridized carbons (Fsp3) is 0.417. The number of methoxy groups -OCH3 is 1. The second-order valence-corrected chi connectivity index (χ2v) is 3.26. The molecule has 0 fully saturated rings. The number of carbonyl (C=O) groups is 1. The first-order valence-electron chi connectivity index (χ1n) is 5.15. The Labute approximate surface area is 94.2 Å². The summed E-state index contributed by atoms with van der Waals surface area (Å²) in [7, 11) is 1.33. The minimum Gasteiger partial charge on any atom is -0.494 e. The normalized spacial score (nSPS) is 9.94. The highest BCUT2D eigenvalue weighted by atomic mass is 19.1. The molecule has 1 aromatic carbocycles. The largest absolute Gasteiger partial charge is 0.494 e. The summed E-state index contributed by atoms with van der Waals surface area (Å²) in [5, 5.41) is 0. The molecule has 0 saturated carbocycles. The Balaban J connectivity index is 2.75. The summed E-state index contributed by atoms with van der Waals surface area (Å²) in [4.78, 5) is 11.0. The summed E-state index contributed by atoms with van der Waals surface area (Å²) >= 11 is 0. The zero-order valence-electron chi connectivity index (χ0n) is 9.46. The third-order valence-electron chi connectivity index (χ3n) is 2.15. The van der Waals surface area contributed by atoms with Gasteiger partial charge in [0.25, 0.3) is 0 Å². The van der Waals surface area contributed by atoms with Gasteiger partial charge >= 0.3 is 5.97 Å². The summed E-state index contributed by atoms with van der Waals surface area (Å²) in [6.07, 6.45) is 0.639. The van der Waals surface area contributed by atoms with Crippen LogP contribution in [-0.4, -0.2) is 19.7 Å². The van der Waals surface area contributed by atoms with Crippen LogP contribution in [0.5, 0.6) is 5.75 Å². The van der Waals surface area contributed by atoms with Gasteiger partial charge in [0.2, 0.25) is 0 Å². The van der Waals surface area contributed by atoms with Crippen molar-refractivity contribution in [2.75, 3.05) is 13.7 Å². The highest BCUT2D eigenvalue weighted by molar-refractivity contribution is 5.69. The second kappa shape index (κ2) is 6.10. The smallest absolute Gasteiger partial charge is 0.305 e. The number of carbonyl (C=O) groups excluding carboxylic acids is 1. The summed E-state index contributed by atoms with van der Waals surface area (Å²) in [5.41, 5.74) is 0.687. The molecule has 1 rings (SSSR count). The van der Waals surface area contributed by atoms with Crippen LogP contribution in [0.1, 0.15) is 18.9 Å². The second-order valence-electron chi connectivity index (χ2n) is 3.26. The Hall–Kier alpha value is -1.58. The molecule has 0 aromatic heterocycles. The zero-order valence-corrected chi connectivity index (χ0v) is 9.46. The predicted molar refractivity (Wildman–Crippen MR) is 57.9 cm³/mol. The molecule has 0 radical (unpaired) electrons. The van der Waals surface area contributed by atoms with E-state index in [0.29, 0.717) is 24.3 Å². The van der Waals surface area contributed by atoms with Crippen molar-refractivity contribution < 1.29 is 18.7 Å². The highest BCUT2D eigenvalue weighted by Crippen LogP contribution is 2.21. The molecule has 0 saturated heterocycles. The van der Waals surface area contributed by atoms with E-state index in [9.17, 15) is 9.18 Å².